The summed E-state index contributed by atoms with van der Waals surface area (Å²) in [6.07, 6.45) is 5.47. The molecule has 4 heterocycles. The fourth-order valence-corrected chi connectivity index (χ4v) is 5.07. The van der Waals surface area contributed by atoms with Crippen molar-refractivity contribution in [3.8, 4) is 11.3 Å². The standard InChI is InChI=1S/C22H22N6OS/c1-2-14-30-21-18(4-3-9-23-21)20-19(27-30)15-24-22(26-20)25-16-5-7-17(8-6-16)28-10-12-29-13-11-28/h2-9,15H,1,10-14H2,(H,24,25,26). The van der Waals surface area contributed by atoms with Gasteiger partial charge in [0.05, 0.1) is 19.4 Å². The lowest BCUT2D eigenvalue weighted by Gasteiger charge is -2.28. The Labute approximate surface area is 178 Å². The molecule has 1 atom stereocenters. The topological polar surface area (TPSA) is 75.5 Å². The van der Waals surface area contributed by atoms with Crippen molar-refractivity contribution in [2.24, 2.45) is 4.36 Å². The number of anilines is 3. The summed E-state index contributed by atoms with van der Waals surface area (Å²) in [5, 5.41) is 4.27. The Hall–Kier alpha value is -3.10. The Morgan fingerprint density at radius 3 is 2.77 bits per heavy atom. The molecule has 0 aliphatic carbocycles. The van der Waals surface area contributed by atoms with Crippen LogP contribution in [0, 0.1) is 0 Å². The van der Waals surface area contributed by atoms with Crippen LogP contribution >= 0.6 is 0 Å². The highest BCUT2D eigenvalue weighted by molar-refractivity contribution is 7.87. The average Bonchev–Trinajstić information content (AvgIpc) is 2.81. The zero-order valence-corrected chi connectivity index (χ0v) is 17.3. The minimum absolute atomic E-state index is 0.349. The number of rotatable bonds is 5. The predicted octanol–water partition coefficient (Wildman–Crippen LogP) is 4.11. The van der Waals surface area contributed by atoms with Crippen molar-refractivity contribution in [2.45, 2.75) is 5.03 Å². The van der Waals surface area contributed by atoms with Gasteiger partial charge in [0.15, 0.2) is 0 Å². The molecule has 3 aromatic rings. The van der Waals surface area contributed by atoms with Gasteiger partial charge in [0.25, 0.3) is 0 Å². The first-order valence-electron chi connectivity index (χ1n) is 9.88. The largest absolute Gasteiger partial charge is 0.378 e. The van der Waals surface area contributed by atoms with Crippen LogP contribution in [0.5, 0.6) is 0 Å². The van der Waals surface area contributed by atoms with Crippen molar-refractivity contribution >= 4 is 33.7 Å². The van der Waals surface area contributed by atoms with Crippen molar-refractivity contribution in [1.29, 1.82) is 0 Å². The van der Waals surface area contributed by atoms with Crippen molar-refractivity contribution in [1.82, 2.24) is 15.0 Å². The van der Waals surface area contributed by atoms with Gasteiger partial charge in [-0.1, -0.05) is 6.08 Å². The summed E-state index contributed by atoms with van der Waals surface area (Å²) < 4.78 is 10.2. The maximum Gasteiger partial charge on any atom is 0.227 e. The van der Waals surface area contributed by atoms with E-state index in [0.29, 0.717) is 5.95 Å². The van der Waals surface area contributed by atoms with Gasteiger partial charge in [-0.05, 0) is 47.1 Å². The van der Waals surface area contributed by atoms with Crippen molar-refractivity contribution in [3.05, 3.63) is 61.4 Å². The lowest BCUT2D eigenvalue weighted by atomic mass is 10.2. The molecule has 1 unspecified atom stereocenters. The molecule has 30 heavy (non-hydrogen) atoms. The summed E-state index contributed by atoms with van der Waals surface area (Å²) in [6, 6.07) is 12.3. The molecule has 0 saturated carbocycles. The Kier molecular flexibility index (Phi) is 5.25. The first-order chi connectivity index (χ1) is 14.8. The second kappa shape index (κ2) is 8.33. The maximum absolute atomic E-state index is 5.43. The summed E-state index contributed by atoms with van der Waals surface area (Å²) >= 11 is 0. The number of nitrogens with one attached hydrogen (secondary N) is 1. The first kappa shape index (κ1) is 18.9. The van der Waals surface area contributed by atoms with Crippen LogP contribution < -0.4 is 10.2 Å². The average molecular weight is 419 g/mol. The Balaban J connectivity index is 1.41. The van der Waals surface area contributed by atoms with Crippen LogP contribution in [-0.4, -0.2) is 47.0 Å². The zero-order chi connectivity index (χ0) is 20.3. The second-order valence-electron chi connectivity index (χ2n) is 6.97. The molecule has 5 rings (SSSR count). The highest BCUT2D eigenvalue weighted by atomic mass is 32.2. The molecule has 1 fully saturated rings. The number of benzene rings is 1. The third-order valence-corrected chi connectivity index (χ3v) is 6.74. The Morgan fingerprint density at radius 1 is 1.13 bits per heavy atom. The molecular weight excluding hydrogens is 396 g/mol. The molecule has 2 aliphatic rings. The van der Waals surface area contributed by atoms with Gasteiger partial charge < -0.3 is 15.0 Å². The molecule has 8 heteroatoms. The molecule has 1 aromatic carbocycles. The molecular formula is C22H22N6OS. The van der Waals surface area contributed by atoms with Gasteiger partial charge >= 0.3 is 0 Å². The number of ether oxygens (including phenoxy) is 1. The lowest BCUT2D eigenvalue weighted by molar-refractivity contribution is 0.122. The van der Waals surface area contributed by atoms with Crippen LogP contribution in [0.4, 0.5) is 23.0 Å². The minimum Gasteiger partial charge on any atom is -0.378 e. The Bertz CT molecular complexity index is 1110. The van der Waals surface area contributed by atoms with E-state index in [1.807, 2.05) is 18.2 Å². The second-order valence-corrected chi connectivity index (χ2v) is 8.60. The van der Waals surface area contributed by atoms with Crippen LogP contribution in [0.15, 0.2) is 70.8 Å². The number of nitrogens with zero attached hydrogens (tertiary/aromatic N) is 5. The van der Waals surface area contributed by atoms with Crippen LogP contribution in [0.1, 0.15) is 0 Å². The van der Waals surface area contributed by atoms with E-state index >= 15 is 0 Å². The molecule has 2 aromatic heterocycles. The number of morpholine rings is 1. The number of hydrogen-bond donors (Lipinski definition) is 1. The van der Waals surface area contributed by atoms with Gasteiger partial charge in [-0.25, -0.2) is 19.3 Å². The smallest absolute Gasteiger partial charge is 0.227 e. The summed E-state index contributed by atoms with van der Waals surface area (Å²) in [7, 11) is -0.349. The summed E-state index contributed by atoms with van der Waals surface area (Å²) in [4.78, 5) is 16.1. The molecule has 0 spiro atoms. The van der Waals surface area contributed by atoms with E-state index in [1.54, 1.807) is 12.4 Å². The van der Waals surface area contributed by atoms with E-state index in [2.05, 4.69) is 51.0 Å². The van der Waals surface area contributed by atoms with Crippen LogP contribution in [-0.2, 0) is 15.4 Å². The van der Waals surface area contributed by atoms with Gasteiger partial charge in [-0.15, -0.1) is 6.58 Å². The van der Waals surface area contributed by atoms with E-state index < -0.39 is 0 Å². The van der Waals surface area contributed by atoms with Gasteiger partial charge in [0.1, 0.15) is 16.4 Å². The summed E-state index contributed by atoms with van der Waals surface area (Å²) in [5.74, 6) is 1.31. The van der Waals surface area contributed by atoms with E-state index in [1.165, 1.54) is 5.69 Å². The molecule has 0 bridgehead atoms. The zero-order valence-electron chi connectivity index (χ0n) is 16.5. The molecule has 0 radical (unpaired) electrons. The predicted molar refractivity (Wildman–Crippen MR) is 121 cm³/mol. The molecule has 1 N–H and O–H groups in total. The molecule has 2 aliphatic heterocycles. The Morgan fingerprint density at radius 2 is 1.97 bits per heavy atom. The van der Waals surface area contributed by atoms with Crippen LogP contribution in [0.3, 0.4) is 0 Å². The van der Waals surface area contributed by atoms with Gasteiger partial charge in [-0.3, -0.25) is 0 Å². The normalized spacial score (nSPS) is 17.5. The number of aromatic nitrogens is 3. The fourth-order valence-electron chi connectivity index (χ4n) is 3.56. The number of fused-ring (bicyclic) bond motifs is 3. The summed E-state index contributed by atoms with van der Waals surface area (Å²) in [5.41, 5.74) is 4.77. The lowest BCUT2D eigenvalue weighted by Crippen LogP contribution is -2.36. The van der Waals surface area contributed by atoms with E-state index in [9.17, 15) is 0 Å². The fraction of sp³-hybridized carbons (Fsp3) is 0.227. The van der Waals surface area contributed by atoms with Gasteiger partial charge in [-0.2, -0.15) is 0 Å². The van der Waals surface area contributed by atoms with E-state index in [-0.39, 0.29) is 10.7 Å². The molecule has 0 amide bonds. The molecule has 7 nitrogen and oxygen atoms in total. The monoisotopic (exact) mass is 418 g/mol. The van der Waals surface area contributed by atoms with Crippen molar-refractivity contribution in [2.75, 3.05) is 42.3 Å². The third-order valence-electron chi connectivity index (χ3n) is 5.00. The van der Waals surface area contributed by atoms with Crippen molar-refractivity contribution in [3.63, 3.8) is 0 Å². The molecule has 1 saturated heterocycles. The quantitative estimate of drug-likeness (QED) is 0.629. The van der Waals surface area contributed by atoms with Crippen LogP contribution in [0.2, 0.25) is 0 Å². The highest BCUT2D eigenvalue weighted by Crippen LogP contribution is 2.38. The number of pyridine rings is 1. The SMILES string of the molecule is C=CCS1=Nc2cnc(Nc3ccc(N4CCOCC4)cc3)nc2-c2cccnc21. The van der Waals surface area contributed by atoms with Gasteiger partial charge in [0, 0.05) is 42.0 Å². The van der Waals surface area contributed by atoms with E-state index in [0.717, 1.165) is 59.7 Å². The van der Waals surface area contributed by atoms with E-state index in [4.69, 9.17) is 14.1 Å². The highest BCUT2D eigenvalue weighted by Gasteiger charge is 2.21. The molecule has 152 valence electrons. The third kappa shape index (κ3) is 3.71. The van der Waals surface area contributed by atoms with Crippen molar-refractivity contribution < 1.29 is 4.74 Å². The maximum atomic E-state index is 5.43. The number of hydrogen-bond acceptors (Lipinski definition) is 7. The van der Waals surface area contributed by atoms with Crippen LogP contribution in [0.25, 0.3) is 11.3 Å². The van der Waals surface area contributed by atoms with Gasteiger partial charge in [0.2, 0.25) is 5.95 Å². The first-order valence-corrected chi connectivity index (χ1v) is 11.2. The minimum atomic E-state index is -0.349. The summed E-state index contributed by atoms with van der Waals surface area (Å²) in [6.45, 7) is 7.25.